The Labute approximate surface area is 215 Å². The number of hydrogen-bond acceptors (Lipinski definition) is 7. The van der Waals surface area contributed by atoms with Gasteiger partial charge in [-0.25, -0.2) is 4.39 Å². The maximum Gasteiger partial charge on any atom is 0.311 e. The summed E-state index contributed by atoms with van der Waals surface area (Å²) in [6.07, 6.45) is 0.524. The van der Waals surface area contributed by atoms with Crippen molar-refractivity contribution in [2.75, 3.05) is 33.5 Å². The van der Waals surface area contributed by atoms with Gasteiger partial charge in [0, 0.05) is 12.6 Å². The first-order chi connectivity index (χ1) is 17.4. The van der Waals surface area contributed by atoms with E-state index in [-0.39, 0.29) is 54.4 Å². The summed E-state index contributed by atoms with van der Waals surface area (Å²) >= 11 is 0. The molecule has 0 unspecified atom stereocenters. The number of aliphatic carboxylic acids is 1. The molecule has 1 aromatic rings. The topological polar surface area (TPSA) is 143 Å². The molecule has 1 saturated carbocycles. The molecule has 206 valence electrons. The number of rotatable bonds is 9. The molecule has 3 rings (SSSR count). The highest BCUT2D eigenvalue weighted by Gasteiger charge is 2.42. The molecule has 2 amide bonds. The highest BCUT2D eigenvalue weighted by molar-refractivity contribution is 5.98. The monoisotopic (exact) mass is 524 g/mol. The predicted octanol–water partition coefficient (Wildman–Crippen LogP) is 2.13. The molecule has 11 heteroatoms. The summed E-state index contributed by atoms with van der Waals surface area (Å²) in [5.74, 6) is -3.31. The Bertz CT molecular complexity index is 1000. The Morgan fingerprint density at radius 2 is 1.84 bits per heavy atom. The fourth-order valence-corrected chi connectivity index (χ4v) is 4.54. The van der Waals surface area contributed by atoms with Crippen LogP contribution in [0.1, 0.15) is 56.8 Å². The van der Waals surface area contributed by atoms with Gasteiger partial charge >= 0.3 is 5.97 Å². The van der Waals surface area contributed by atoms with Gasteiger partial charge in [-0.2, -0.15) is 0 Å². The lowest BCUT2D eigenvalue weighted by Crippen LogP contribution is -2.47. The van der Waals surface area contributed by atoms with E-state index in [0.29, 0.717) is 19.4 Å². The SMILES string of the molecule is COc1cc(F)c(O[C@H]2CC[C@@](CO)(C(=O)O)CC2)cc1C(=O)N[C@@H]1COC[C@@H]1C(=O)NCC(C)(C)C. The third-order valence-corrected chi connectivity index (χ3v) is 6.97. The van der Waals surface area contributed by atoms with E-state index in [1.807, 2.05) is 20.8 Å². The molecule has 1 aliphatic carbocycles. The zero-order valence-electron chi connectivity index (χ0n) is 21.8. The second kappa shape index (κ2) is 11.6. The molecule has 1 heterocycles. The molecule has 10 nitrogen and oxygen atoms in total. The van der Waals surface area contributed by atoms with E-state index in [4.69, 9.17) is 14.2 Å². The van der Waals surface area contributed by atoms with Gasteiger partial charge < -0.3 is 35.1 Å². The summed E-state index contributed by atoms with van der Waals surface area (Å²) in [7, 11) is 1.31. The summed E-state index contributed by atoms with van der Waals surface area (Å²) in [4.78, 5) is 37.4. The molecule has 1 aromatic carbocycles. The molecule has 1 aliphatic heterocycles. The fourth-order valence-electron chi connectivity index (χ4n) is 4.54. The van der Waals surface area contributed by atoms with Crippen LogP contribution < -0.4 is 20.1 Å². The van der Waals surface area contributed by atoms with Gasteiger partial charge in [-0.15, -0.1) is 0 Å². The molecule has 2 aliphatic rings. The number of carboxylic acid groups (broad SMARTS) is 1. The standard InChI is InChI=1S/C26H37FN2O8/c1-25(2,3)13-28-22(31)17-11-36-12-19(17)29-23(32)16-9-21(18(27)10-20(16)35-4)37-15-5-7-26(14-30,8-6-15)24(33)34/h9-10,15,17,19,30H,5-8,11-14H2,1-4H3,(H,28,31)(H,29,32)(H,33,34)/t15-,17-,19+,26+/m0/s1. The number of carbonyl (C=O) groups is 3. The van der Waals surface area contributed by atoms with Gasteiger partial charge in [-0.1, -0.05) is 20.8 Å². The quantitative estimate of drug-likeness (QED) is 0.385. The number of carboxylic acids is 1. The Hall–Kier alpha value is -2.92. The first kappa shape index (κ1) is 28.6. The summed E-state index contributed by atoms with van der Waals surface area (Å²) in [6, 6.07) is 1.73. The van der Waals surface area contributed by atoms with Crippen LogP contribution in [0.5, 0.6) is 11.5 Å². The number of halogens is 1. The van der Waals surface area contributed by atoms with Gasteiger partial charge in [0.1, 0.15) is 5.75 Å². The van der Waals surface area contributed by atoms with Crippen molar-refractivity contribution in [2.24, 2.45) is 16.7 Å². The van der Waals surface area contributed by atoms with Crippen molar-refractivity contribution in [3.63, 3.8) is 0 Å². The second-order valence-corrected chi connectivity index (χ2v) is 11.0. The van der Waals surface area contributed by atoms with E-state index in [2.05, 4.69) is 10.6 Å². The lowest BCUT2D eigenvalue weighted by molar-refractivity contribution is -0.155. The number of amides is 2. The van der Waals surface area contributed by atoms with Gasteiger partial charge in [0.15, 0.2) is 11.6 Å². The first-order valence-corrected chi connectivity index (χ1v) is 12.4. The van der Waals surface area contributed by atoms with Crippen LogP contribution >= 0.6 is 0 Å². The molecular weight excluding hydrogens is 487 g/mol. The van der Waals surface area contributed by atoms with E-state index in [9.17, 15) is 29.0 Å². The Morgan fingerprint density at radius 1 is 1.16 bits per heavy atom. The van der Waals surface area contributed by atoms with Gasteiger partial charge in [-0.3, -0.25) is 14.4 Å². The zero-order valence-corrected chi connectivity index (χ0v) is 21.8. The van der Waals surface area contributed by atoms with E-state index in [1.165, 1.54) is 13.2 Å². The van der Waals surface area contributed by atoms with Gasteiger partial charge in [0.2, 0.25) is 5.91 Å². The molecule has 2 fully saturated rings. The number of nitrogens with one attached hydrogen (secondary N) is 2. The molecule has 37 heavy (non-hydrogen) atoms. The molecule has 1 saturated heterocycles. The summed E-state index contributed by atoms with van der Waals surface area (Å²) in [6.45, 7) is 6.33. The van der Waals surface area contributed by atoms with E-state index in [1.54, 1.807) is 0 Å². The Balaban J connectivity index is 1.70. The molecular formula is C26H37FN2O8. The minimum Gasteiger partial charge on any atom is -0.496 e. The number of benzene rings is 1. The highest BCUT2D eigenvalue weighted by Crippen LogP contribution is 2.38. The van der Waals surface area contributed by atoms with Crippen LogP contribution in [0.25, 0.3) is 0 Å². The van der Waals surface area contributed by atoms with Crippen molar-refractivity contribution in [1.82, 2.24) is 10.6 Å². The third kappa shape index (κ3) is 6.89. The van der Waals surface area contributed by atoms with Crippen molar-refractivity contribution in [2.45, 2.75) is 58.6 Å². The molecule has 0 radical (unpaired) electrons. The van der Waals surface area contributed by atoms with E-state index in [0.717, 1.165) is 6.07 Å². The maximum absolute atomic E-state index is 14.8. The van der Waals surface area contributed by atoms with Crippen LogP contribution in [-0.2, 0) is 14.3 Å². The highest BCUT2D eigenvalue weighted by atomic mass is 19.1. The van der Waals surface area contributed by atoms with Crippen molar-refractivity contribution >= 4 is 17.8 Å². The van der Waals surface area contributed by atoms with Crippen LogP contribution in [0, 0.1) is 22.6 Å². The molecule has 4 N–H and O–H groups in total. The van der Waals surface area contributed by atoms with Crippen molar-refractivity contribution in [3.05, 3.63) is 23.5 Å². The Morgan fingerprint density at radius 3 is 2.41 bits per heavy atom. The minimum atomic E-state index is -1.22. The maximum atomic E-state index is 14.8. The third-order valence-electron chi connectivity index (χ3n) is 6.97. The zero-order chi connectivity index (χ0) is 27.4. The first-order valence-electron chi connectivity index (χ1n) is 12.4. The largest absolute Gasteiger partial charge is 0.496 e. The average Bonchev–Trinajstić information content (AvgIpc) is 3.31. The van der Waals surface area contributed by atoms with Crippen LogP contribution in [0.4, 0.5) is 4.39 Å². The van der Waals surface area contributed by atoms with Crippen molar-refractivity contribution in [1.29, 1.82) is 0 Å². The summed E-state index contributed by atoms with van der Waals surface area (Å²) < 4.78 is 31.3. The lowest BCUT2D eigenvalue weighted by Gasteiger charge is -2.35. The van der Waals surface area contributed by atoms with Gasteiger partial charge in [0.25, 0.3) is 5.91 Å². The number of methoxy groups -OCH3 is 1. The van der Waals surface area contributed by atoms with Crippen molar-refractivity contribution in [3.8, 4) is 11.5 Å². The summed E-state index contributed by atoms with van der Waals surface area (Å²) in [5.41, 5.74) is -1.29. The van der Waals surface area contributed by atoms with Crippen molar-refractivity contribution < 1.29 is 43.2 Å². The number of aliphatic hydroxyl groups excluding tert-OH is 1. The fraction of sp³-hybridized carbons (Fsp3) is 0.654. The van der Waals surface area contributed by atoms with Crippen LogP contribution in [-0.4, -0.2) is 73.6 Å². The summed E-state index contributed by atoms with van der Waals surface area (Å²) in [5, 5.41) is 24.7. The van der Waals surface area contributed by atoms with Gasteiger partial charge in [-0.05, 0) is 37.2 Å². The van der Waals surface area contributed by atoms with E-state index >= 15 is 0 Å². The number of hydrogen-bond donors (Lipinski definition) is 4. The van der Waals surface area contributed by atoms with Gasteiger partial charge in [0.05, 0.1) is 56.0 Å². The van der Waals surface area contributed by atoms with E-state index < -0.39 is 47.8 Å². The molecule has 2 atom stereocenters. The minimum absolute atomic E-state index is 0.00354. The van der Waals surface area contributed by atoms with Crippen LogP contribution in [0.3, 0.4) is 0 Å². The Kier molecular flexibility index (Phi) is 9.01. The number of aliphatic hydroxyl groups is 1. The van der Waals surface area contributed by atoms with Crippen LogP contribution in [0.2, 0.25) is 0 Å². The molecule has 0 bridgehead atoms. The normalized spacial score (nSPS) is 25.8. The average molecular weight is 525 g/mol. The molecule has 0 aromatic heterocycles. The number of ether oxygens (including phenoxy) is 3. The predicted molar refractivity (Wildman–Crippen MR) is 131 cm³/mol. The molecule has 0 spiro atoms. The second-order valence-electron chi connectivity index (χ2n) is 11.0. The lowest BCUT2D eigenvalue weighted by atomic mass is 9.74. The number of carbonyl (C=O) groups excluding carboxylic acids is 2. The smallest absolute Gasteiger partial charge is 0.311 e. The van der Waals surface area contributed by atoms with Crippen LogP contribution in [0.15, 0.2) is 12.1 Å².